The quantitative estimate of drug-likeness (QED) is 0.789. The van der Waals surface area contributed by atoms with Gasteiger partial charge < -0.3 is 4.90 Å². The van der Waals surface area contributed by atoms with E-state index in [2.05, 4.69) is 22.0 Å². The van der Waals surface area contributed by atoms with Crippen molar-refractivity contribution in [3.8, 4) is 0 Å². The molecule has 1 unspecified atom stereocenters. The van der Waals surface area contributed by atoms with Crippen molar-refractivity contribution in [1.82, 2.24) is 15.1 Å². The molecule has 0 aliphatic carbocycles. The van der Waals surface area contributed by atoms with Crippen molar-refractivity contribution in [2.45, 2.75) is 43.0 Å². The number of carbonyl (C=O) groups excluding carboxylic acids is 1. The Labute approximate surface area is 110 Å². The molecule has 1 amide bonds. The van der Waals surface area contributed by atoms with Crippen LogP contribution in [-0.4, -0.2) is 39.3 Å². The Morgan fingerprint density at radius 1 is 1.65 bits per heavy atom. The summed E-state index contributed by atoms with van der Waals surface area (Å²) in [5.74, 6) is 0.739. The molecule has 0 bridgehead atoms. The topological polar surface area (TPSA) is 46.1 Å². The first-order chi connectivity index (χ1) is 8.31. The van der Waals surface area contributed by atoms with Crippen LogP contribution in [0.2, 0.25) is 0 Å². The Kier molecular flexibility index (Phi) is 4.79. The molecule has 0 spiro atoms. The first-order valence-electron chi connectivity index (χ1n) is 5.99. The van der Waals surface area contributed by atoms with E-state index >= 15 is 0 Å². The summed E-state index contributed by atoms with van der Waals surface area (Å²) in [7, 11) is 0. The Balaban J connectivity index is 1.85. The normalized spacial score (nSPS) is 20.5. The van der Waals surface area contributed by atoms with Crippen LogP contribution in [0.15, 0.2) is 9.85 Å². The Hall–Kier alpha value is -0.620. The van der Waals surface area contributed by atoms with Gasteiger partial charge in [0.25, 0.3) is 0 Å². The molecule has 2 rings (SSSR count). The number of nitrogens with zero attached hydrogens (tertiary/aromatic N) is 3. The van der Waals surface area contributed by atoms with E-state index in [0.29, 0.717) is 11.8 Å². The fourth-order valence-corrected chi connectivity index (χ4v) is 3.56. The number of rotatable bonds is 4. The number of piperidine rings is 1. The van der Waals surface area contributed by atoms with Crippen molar-refractivity contribution in [2.75, 3.05) is 12.3 Å². The van der Waals surface area contributed by atoms with Gasteiger partial charge in [0.15, 0.2) is 4.34 Å². The van der Waals surface area contributed by atoms with Crippen LogP contribution >= 0.6 is 23.1 Å². The zero-order chi connectivity index (χ0) is 12.1. The van der Waals surface area contributed by atoms with E-state index in [0.717, 1.165) is 30.1 Å². The van der Waals surface area contributed by atoms with Crippen molar-refractivity contribution >= 4 is 29.0 Å². The average Bonchev–Trinajstić information content (AvgIpc) is 2.89. The second-order valence-electron chi connectivity index (χ2n) is 4.14. The number of aromatic nitrogens is 2. The van der Waals surface area contributed by atoms with Gasteiger partial charge >= 0.3 is 0 Å². The molecule has 0 radical (unpaired) electrons. The van der Waals surface area contributed by atoms with Crippen LogP contribution in [0.5, 0.6) is 0 Å². The molecule has 1 aliphatic heterocycles. The maximum atomic E-state index is 12.1. The SMILES string of the molecule is CCC1CCCCN1C(=O)CSc1nncs1. The van der Waals surface area contributed by atoms with Gasteiger partial charge in [0.1, 0.15) is 5.51 Å². The van der Waals surface area contributed by atoms with E-state index in [-0.39, 0.29) is 5.91 Å². The molecular weight excluding hydrogens is 254 g/mol. The van der Waals surface area contributed by atoms with Gasteiger partial charge in [-0.25, -0.2) is 0 Å². The number of amides is 1. The minimum absolute atomic E-state index is 0.247. The smallest absolute Gasteiger partial charge is 0.233 e. The fourth-order valence-electron chi connectivity index (χ4n) is 2.19. The Morgan fingerprint density at radius 2 is 2.53 bits per heavy atom. The molecule has 0 N–H and O–H groups in total. The Bertz CT molecular complexity index is 356. The summed E-state index contributed by atoms with van der Waals surface area (Å²) in [6.07, 6.45) is 4.62. The van der Waals surface area contributed by atoms with Crippen molar-refractivity contribution < 1.29 is 4.79 Å². The van der Waals surface area contributed by atoms with Gasteiger partial charge in [0, 0.05) is 12.6 Å². The second kappa shape index (κ2) is 6.35. The van der Waals surface area contributed by atoms with Crippen LogP contribution in [0.25, 0.3) is 0 Å². The highest BCUT2D eigenvalue weighted by atomic mass is 32.2. The van der Waals surface area contributed by atoms with E-state index in [9.17, 15) is 4.79 Å². The van der Waals surface area contributed by atoms with Crippen LogP contribution in [0.1, 0.15) is 32.6 Å². The summed E-state index contributed by atoms with van der Waals surface area (Å²) in [5.41, 5.74) is 1.70. The number of hydrogen-bond acceptors (Lipinski definition) is 5. The minimum atomic E-state index is 0.247. The molecule has 0 aromatic carbocycles. The molecule has 1 aromatic rings. The highest BCUT2D eigenvalue weighted by Crippen LogP contribution is 2.23. The molecule has 0 saturated carbocycles. The number of thioether (sulfide) groups is 1. The van der Waals surface area contributed by atoms with Crippen molar-refractivity contribution in [2.24, 2.45) is 0 Å². The second-order valence-corrected chi connectivity index (χ2v) is 6.19. The first kappa shape index (κ1) is 12.8. The summed E-state index contributed by atoms with van der Waals surface area (Å²) < 4.78 is 0.878. The monoisotopic (exact) mass is 271 g/mol. The van der Waals surface area contributed by atoms with E-state index in [1.165, 1.54) is 29.5 Å². The molecule has 1 fully saturated rings. The molecule has 4 nitrogen and oxygen atoms in total. The molecule has 1 saturated heterocycles. The minimum Gasteiger partial charge on any atom is -0.339 e. The van der Waals surface area contributed by atoms with E-state index in [4.69, 9.17) is 0 Å². The largest absolute Gasteiger partial charge is 0.339 e. The van der Waals surface area contributed by atoms with Crippen LogP contribution in [0.4, 0.5) is 0 Å². The predicted molar refractivity (Wildman–Crippen MR) is 70.3 cm³/mol. The highest BCUT2D eigenvalue weighted by molar-refractivity contribution is 8.01. The maximum Gasteiger partial charge on any atom is 0.233 e. The van der Waals surface area contributed by atoms with Crippen molar-refractivity contribution in [1.29, 1.82) is 0 Å². The lowest BCUT2D eigenvalue weighted by Gasteiger charge is -2.35. The van der Waals surface area contributed by atoms with Gasteiger partial charge in [-0.2, -0.15) is 0 Å². The van der Waals surface area contributed by atoms with Gasteiger partial charge in [-0.1, -0.05) is 30.0 Å². The zero-order valence-corrected chi connectivity index (χ0v) is 11.6. The predicted octanol–water partition coefficient (Wildman–Crippen LogP) is 2.42. The molecule has 2 heterocycles. The van der Waals surface area contributed by atoms with Crippen LogP contribution < -0.4 is 0 Å². The van der Waals surface area contributed by atoms with Gasteiger partial charge in [0.05, 0.1) is 5.75 Å². The summed E-state index contributed by atoms with van der Waals surface area (Å²) >= 11 is 2.98. The molecule has 6 heteroatoms. The van der Waals surface area contributed by atoms with Crippen LogP contribution in [0, 0.1) is 0 Å². The van der Waals surface area contributed by atoms with Crippen LogP contribution in [-0.2, 0) is 4.79 Å². The third-order valence-corrected chi connectivity index (χ3v) is 4.92. The molecule has 17 heavy (non-hydrogen) atoms. The third-order valence-electron chi connectivity index (χ3n) is 3.08. The maximum absolute atomic E-state index is 12.1. The number of likely N-dealkylation sites (tertiary alicyclic amines) is 1. The van der Waals surface area contributed by atoms with E-state index in [1.807, 2.05) is 0 Å². The summed E-state index contributed by atoms with van der Waals surface area (Å²) in [5, 5.41) is 7.70. The van der Waals surface area contributed by atoms with Gasteiger partial charge in [-0.3, -0.25) is 4.79 Å². The lowest BCUT2D eigenvalue weighted by molar-refractivity contribution is -0.132. The number of hydrogen-bond donors (Lipinski definition) is 0. The standard InChI is InChI=1S/C11H17N3OS2/c1-2-9-5-3-4-6-14(9)10(15)7-16-11-13-12-8-17-11/h8-9H,2-7H2,1H3. The third kappa shape index (κ3) is 3.42. The molecule has 1 atom stereocenters. The number of carbonyl (C=O) groups is 1. The molecule has 1 aliphatic rings. The van der Waals surface area contributed by atoms with E-state index < -0.39 is 0 Å². The zero-order valence-electron chi connectivity index (χ0n) is 9.96. The fraction of sp³-hybridized carbons (Fsp3) is 0.727. The lowest BCUT2D eigenvalue weighted by atomic mass is 10.0. The van der Waals surface area contributed by atoms with Crippen molar-refractivity contribution in [3.63, 3.8) is 0 Å². The molecular formula is C11H17N3OS2. The van der Waals surface area contributed by atoms with Gasteiger partial charge in [-0.15, -0.1) is 10.2 Å². The van der Waals surface area contributed by atoms with E-state index in [1.54, 1.807) is 5.51 Å². The average molecular weight is 271 g/mol. The summed E-state index contributed by atoms with van der Waals surface area (Å²) in [4.78, 5) is 14.2. The Morgan fingerprint density at radius 3 is 3.24 bits per heavy atom. The van der Waals surface area contributed by atoms with Crippen molar-refractivity contribution in [3.05, 3.63) is 5.51 Å². The van der Waals surface area contributed by atoms with Gasteiger partial charge in [0.2, 0.25) is 5.91 Å². The lowest BCUT2D eigenvalue weighted by Crippen LogP contribution is -2.44. The highest BCUT2D eigenvalue weighted by Gasteiger charge is 2.25. The first-order valence-corrected chi connectivity index (χ1v) is 7.86. The van der Waals surface area contributed by atoms with Gasteiger partial charge in [-0.05, 0) is 25.7 Å². The summed E-state index contributed by atoms with van der Waals surface area (Å²) in [6.45, 7) is 3.09. The molecule has 94 valence electrons. The van der Waals surface area contributed by atoms with Crippen LogP contribution in [0.3, 0.4) is 0 Å². The molecule has 1 aromatic heterocycles. The summed E-state index contributed by atoms with van der Waals surface area (Å²) in [6, 6.07) is 0.450.